The van der Waals surface area contributed by atoms with E-state index in [-0.39, 0.29) is 5.91 Å². The molecule has 0 bridgehead atoms. The van der Waals surface area contributed by atoms with Gasteiger partial charge in [0.15, 0.2) is 18.0 Å². The minimum Gasteiger partial charge on any atom is -0.493 e. The van der Waals surface area contributed by atoms with E-state index >= 15 is 0 Å². The van der Waals surface area contributed by atoms with Crippen LogP contribution in [0.2, 0.25) is 0 Å². The number of ether oxygens (including phenoxy) is 3. The summed E-state index contributed by atoms with van der Waals surface area (Å²) in [6, 6.07) is 4.28. The van der Waals surface area contributed by atoms with Crippen molar-refractivity contribution in [1.82, 2.24) is 5.32 Å². The van der Waals surface area contributed by atoms with Crippen LogP contribution in [0.4, 0.5) is 0 Å². The van der Waals surface area contributed by atoms with Gasteiger partial charge in [-0.2, -0.15) is 0 Å². The van der Waals surface area contributed by atoms with Crippen molar-refractivity contribution in [2.45, 2.75) is 39.3 Å². The number of nitrogens with one attached hydrogen (secondary N) is 3. The largest absolute Gasteiger partial charge is 0.493 e. The second-order valence-corrected chi connectivity index (χ2v) is 7.43. The number of quaternary nitrogens is 2. The van der Waals surface area contributed by atoms with Gasteiger partial charge in [0.1, 0.15) is 32.7 Å². The third kappa shape index (κ3) is 5.75. The minimum absolute atomic E-state index is 0.175. The van der Waals surface area contributed by atoms with Crippen LogP contribution in [0.5, 0.6) is 17.2 Å². The Labute approximate surface area is 168 Å². The fourth-order valence-electron chi connectivity index (χ4n) is 3.88. The topological polar surface area (TPSA) is 65.7 Å². The van der Waals surface area contributed by atoms with Crippen molar-refractivity contribution in [3.05, 3.63) is 17.7 Å². The van der Waals surface area contributed by atoms with Gasteiger partial charge in [-0.15, -0.1) is 0 Å². The fraction of sp³-hybridized carbons (Fsp3) is 0.667. The molecule has 1 aromatic carbocycles. The van der Waals surface area contributed by atoms with Gasteiger partial charge >= 0.3 is 0 Å². The van der Waals surface area contributed by atoms with Crippen LogP contribution < -0.4 is 29.3 Å². The zero-order valence-electron chi connectivity index (χ0n) is 18.0. The quantitative estimate of drug-likeness (QED) is 0.490. The maximum atomic E-state index is 12.2. The van der Waals surface area contributed by atoms with Crippen LogP contribution in [0, 0.1) is 0 Å². The molecule has 158 valence electrons. The molecule has 0 spiro atoms. The van der Waals surface area contributed by atoms with Gasteiger partial charge in [0, 0.05) is 6.04 Å². The molecular formula is C21H37N3O4+2. The highest BCUT2D eigenvalue weighted by molar-refractivity contribution is 5.77. The molecule has 1 fully saturated rings. The number of carbonyl (C=O) groups is 1. The number of methoxy groups -OCH3 is 3. The Hall–Kier alpha value is -1.99. The molecule has 28 heavy (non-hydrogen) atoms. The predicted molar refractivity (Wildman–Crippen MR) is 109 cm³/mol. The highest BCUT2D eigenvalue weighted by Gasteiger charge is 2.27. The molecule has 2 rings (SSSR count). The summed E-state index contributed by atoms with van der Waals surface area (Å²) in [5.41, 5.74) is 1.12. The first-order chi connectivity index (χ1) is 13.6. The van der Waals surface area contributed by atoms with Crippen LogP contribution in [0.3, 0.4) is 0 Å². The average molecular weight is 396 g/mol. The maximum absolute atomic E-state index is 12.2. The number of carbonyl (C=O) groups excluding carboxylic acids is 1. The lowest BCUT2D eigenvalue weighted by Gasteiger charge is -2.30. The first-order valence-corrected chi connectivity index (χ1v) is 10.3. The fourth-order valence-corrected chi connectivity index (χ4v) is 3.88. The van der Waals surface area contributed by atoms with Gasteiger partial charge in [-0.05, 0) is 25.0 Å². The zero-order chi connectivity index (χ0) is 20.5. The second kappa shape index (κ2) is 11.1. The molecule has 1 saturated heterocycles. The summed E-state index contributed by atoms with van der Waals surface area (Å²) in [7, 11) is 4.92. The van der Waals surface area contributed by atoms with Crippen molar-refractivity contribution in [1.29, 1.82) is 0 Å². The lowest BCUT2D eigenvalue weighted by molar-refractivity contribution is -1.02. The van der Waals surface area contributed by atoms with E-state index in [1.807, 2.05) is 6.07 Å². The summed E-state index contributed by atoms with van der Waals surface area (Å²) in [4.78, 5) is 15.1. The molecule has 1 aliphatic rings. The molecule has 0 aromatic heterocycles. The van der Waals surface area contributed by atoms with Crippen molar-refractivity contribution < 1.29 is 28.8 Å². The average Bonchev–Trinajstić information content (AvgIpc) is 2.72. The van der Waals surface area contributed by atoms with Crippen LogP contribution in [0.25, 0.3) is 0 Å². The number of hydrogen-bond acceptors (Lipinski definition) is 4. The summed E-state index contributed by atoms with van der Waals surface area (Å²) in [5.74, 6) is 2.24. The molecule has 0 aliphatic carbocycles. The van der Waals surface area contributed by atoms with Crippen molar-refractivity contribution in [3.8, 4) is 17.2 Å². The van der Waals surface area contributed by atoms with Crippen LogP contribution in [0.1, 0.15) is 32.3 Å². The maximum Gasteiger partial charge on any atom is 0.275 e. The first kappa shape index (κ1) is 22.3. The van der Waals surface area contributed by atoms with Crippen LogP contribution >= 0.6 is 0 Å². The van der Waals surface area contributed by atoms with E-state index in [0.29, 0.717) is 24.1 Å². The summed E-state index contributed by atoms with van der Waals surface area (Å²) < 4.78 is 16.5. The van der Waals surface area contributed by atoms with Gasteiger partial charge in [0.2, 0.25) is 5.75 Å². The summed E-state index contributed by atoms with van der Waals surface area (Å²) >= 11 is 0. The van der Waals surface area contributed by atoms with E-state index in [1.54, 1.807) is 21.3 Å². The smallest absolute Gasteiger partial charge is 0.275 e. The van der Waals surface area contributed by atoms with E-state index in [1.165, 1.54) is 9.80 Å². The first-order valence-electron chi connectivity index (χ1n) is 10.3. The molecule has 3 N–H and O–H groups in total. The molecule has 0 radical (unpaired) electrons. The molecule has 0 unspecified atom stereocenters. The molecule has 7 nitrogen and oxygen atoms in total. The Morgan fingerprint density at radius 2 is 1.57 bits per heavy atom. The van der Waals surface area contributed by atoms with E-state index < -0.39 is 0 Å². The molecule has 7 heteroatoms. The van der Waals surface area contributed by atoms with Crippen LogP contribution in [-0.4, -0.2) is 66.0 Å². The number of piperazine rings is 1. The zero-order valence-corrected chi connectivity index (χ0v) is 18.0. The molecule has 0 saturated carbocycles. The highest BCUT2D eigenvalue weighted by Crippen LogP contribution is 2.39. The van der Waals surface area contributed by atoms with Gasteiger partial charge in [-0.1, -0.05) is 13.8 Å². The Morgan fingerprint density at radius 1 is 0.964 bits per heavy atom. The van der Waals surface area contributed by atoms with E-state index in [2.05, 4.69) is 25.2 Å². The second-order valence-electron chi connectivity index (χ2n) is 7.43. The van der Waals surface area contributed by atoms with Gasteiger partial charge < -0.3 is 29.3 Å². The van der Waals surface area contributed by atoms with E-state index in [9.17, 15) is 4.79 Å². The Morgan fingerprint density at radius 3 is 2.11 bits per heavy atom. The molecule has 1 aliphatic heterocycles. The van der Waals surface area contributed by atoms with Crippen molar-refractivity contribution >= 4 is 5.91 Å². The summed E-state index contributed by atoms with van der Waals surface area (Å²) in [5, 5.41) is 3.14. The van der Waals surface area contributed by atoms with Gasteiger partial charge in [0.05, 0.1) is 26.9 Å². The Balaban J connectivity index is 1.90. The predicted octanol–water partition coefficient (Wildman–Crippen LogP) is -0.699. The Kier molecular flexibility index (Phi) is 8.86. The highest BCUT2D eigenvalue weighted by atomic mass is 16.5. The van der Waals surface area contributed by atoms with E-state index in [4.69, 9.17) is 14.2 Å². The molecular weight excluding hydrogens is 358 g/mol. The lowest BCUT2D eigenvalue weighted by Crippen LogP contribution is -3.28. The normalized spacial score (nSPS) is 19.4. The summed E-state index contributed by atoms with van der Waals surface area (Å²) in [6.07, 6.45) is 1.98. The van der Waals surface area contributed by atoms with Gasteiger partial charge in [-0.3, -0.25) is 4.79 Å². The van der Waals surface area contributed by atoms with Crippen LogP contribution in [-0.2, 0) is 11.3 Å². The third-order valence-electron chi connectivity index (χ3n) is 5.65. The monoisotopic (exact) mass is 395 g/mol. The van der Waals surface area contributed by atoms with Crippen molar-refractivity contribution in [2.24, 2.45) is 0 Å². The standard InChI is InChI=1S/C21H35N3O4/c1-6-17(7-2)22-19(25)15-24-12-10-23(11-13-24)14-16-8-9-18(26-3)21(28-5)20(16)27-4/h8-9,17H,6-7,10-15H2,1-5H3,(H,22,25)/p+2. The van der Waals surface area contributed by atoms with Gasteiger partial charge in [0.25, 0.3) is 5.91 Å². The van der Waals surface area contributed by atoms with Crippen LogP contribution in [0.15, 0.2) is 12.1 Å². The molecule has 1 aromatic rings. The Bertz CT molecular complexity index is 626. The lowest BCUT2D eigenvalue weighted by atomic mass is 10.1. The van der Waals surface area contributed by atoms with Crippen molar-refractivity contribution in [2.75, 3.05) is 54.1 Å². The molecule has 1 amide bonds. The number of amides is 1. The third-order valence-corrected chi connectivity index (χ3v) is 5.65. The SMILES string of the molecule is CCC(CC)NC(=O)C[NH+]1CC[NH+](Cc2ccc(OC)c(OC)c2OC)CC1. The number of rotatable bonds is 10. The molecule has 0 atom stereocenters. The minimum atomic E-state index is 0.175. The van der Waals surface area contributed by atoms with Gasteiger partial charge in [-0.25, -0.2) is 0 Å². The number of benzene rings is 1. The van der Waals surface area contributed by atoms with Crippen molar-refractivity contribution in [3.63, 3.8) is 0 Å². The number of hydrogen-bond donors (Lipinski definition) is 3. The summed E-state index contributed by atoms with van der Waals surface area (Å²) in [6.45, 7) is 9.75. The molecule has 1 heterocycles. The van der Waals surface area contributed by atoms with E-state index in [0.717, 1.165) is 56.9 Å².